The molecule has 0 aliphatic carbocycles. The summed E-state index contributed by atoms with van der Waals surface area (Å²) in [7, 11) is 0. The van der Waals surface area contributed by atoms with Crippen molar-refractivity contribution in [2.45, 2.75) is 6.92 Å². The number of nitrogens with one attached hydrogen (secondary N) is 2. The van der Waals surface area contributed by atoms with Crippen molar-refractivity contribution >= 4 is 46.9 Å². The van der Waals surface area contributed by atoms with Crippen LogP contribution in [-0.4, -0.2) is 24.6 Å². The van der Waals surface area contributed by atoms with Crippen molar-refractivity contribution in [1.29, 1.82) is 0 Å². The van der Waals surface area contributed by atoms with E-state index in [0.717, 1.165) is 0 Å². The van der Waals surface area contributed by atoms with Gasteiger partial charge in [-0.05, 0) is 43.3 Å². The molecule has 2 amide bonds. The summed E-state index contributed by atoms with van der Waals surface area (Å²) < 4.78 is 5.30. The van der Waals surface area contributed by atoms with E-state index in [2.05, 4.69) is 15.8 Å². The lowest BCUT2D eigenvalue weighted by atomic mass is 10.2. The van der Waals surface area contributed by atoms with Crippen LogP contribution in [0.25, 0.3) is 0 Å². The van der Waals surface area contributed by atoms with Gasteiger partial charge in [0.25, 0.3) is 0 Å². The maximum Gasteiger partial charge on any atom is 0.329 e. The minimum absolute atomic E-state index is 0.379. The fourth-order valence-corrected chi connectivity index (χ4v) is 2.26. The molecule has 0 saturated carbocycles. The zero-order valence-electron chi connectivity index (χ0n) is 13.3. The van der Waals surface area contributed by atoms with Crippen molar-refractivity contribution in [2.24, 2.45) is 5.10 Å². The minimum atomic E-state index is -0.907. The number of ether oxygens (including phenoxy) is 1. The minimum Gasteiger partial charge on any atom is -0.494 e. The van der Waals surface area contributed by atoms with E-state index in [4.69, 9.17) is 27.9 Å². The predicted octanol–water partition coefficient (Wildman–Crippen LogP) is 3.48. The lowest BCUT2D eigenvalue weighted by Crippen LogP contribution is -2.32. The number of rotatable bonds is 5. The Morgan fingerprint density at radius 1 is 1.12 bits per heavy atom. The monoisotopic (exact) mass is 379 g/mol. The topological polar surface area (TPSA) is 79.8 Å². The molecule has 8 heteroatoms. The summed E-state index contributed by atoms with van der Waals surface area (Å²) in [4.78, 5) is 23.5. The highest BCUT2D eigenvalue weighted by atomic mass is 35.5. The maximum absolute atomic E-state index is 11.8. The molecule has 0 aromatic heterocycles. The molecule has 2 N–H and O–H groups in total. The summed E-state index contributed by atoms with van der Waals surface area (Å²) in [5.74, 6) is -1.08. The second kappa shape index (κ2) is 9.05. The largest absolute Gasteiger partial charge is 0.494 e. The van der Waals surface area contributed by atoms with Crippen molar-refractivity contribution in [2.75, 3.05) is 11.9 Å². The zero-order chi connectivity index (χ0) is 18.2. The number of benzene rings is 2. The van der Waals surface area contributed by atoms with E-state index in [1.54, 1.807) is 42.5 Å². The highest BCUT2D eigenvalue weighted by molar-refractivity contribution is 6.39. The van der Waals surface area contributed by atoms with Crippen LogP contribution in [0.4, 0.5) is 5.69 Å². The van der Waals surface area contributed by atoms with Gasteiger partial charge in [0.05, 0.1) is 17.8 Å². The number of hydrogen-bond acceptors (Lipinski definition) is 4. The molecule has 0 heterocycles. The molecule has 0 atom stereocenters. The van der Waals surface area contributed by atoms with E-state index in [1.807, 2.05) is 6.92 Å². The van der Waals surface area contributed by atoms with Gasteiger partial charge >= 0.3 is 11.8 Å². The van der Waals surface area contributed by atoms with Gasteiger partial charge in [-0.3, -0.25) is 9.59 Å². The van der Waals surface area contributed by atoms with Gasteiger partial charge in [0.2, 0.25) is 0 Å². The molecule has 2 aromatic rings. The number of carbonyl (C=O) groups is 2. The fourth-order valence-electron chi connectivity index (χ4n) is 1.81. The summed E-state index contributed by atoms with van der Waals surface area (Å²) >= 11 is 11.8. The quantitative estimate of drug-likeness (QED) is 0.474. The predicted molar refractivity (Wildman–Crippen MR) is 98.4 cm³/mol. The molecule has 2 aromatic carbocycles. The fraction of sp³-hybridized carbons (Fsp3) is 0.118. The molecule has 6 nitrogen and oxygen atoms in total. The van der Waals surface area contributed by atoms with Crippen molar-refractivity contribution in [3.63, 3.8) is 0 Å². The molecule has 25 heavy (non-hydrogen) atoms. The number of amides is 2. The van der Waals surface area contributed by atoms with Crippen molar-refractivity contribution in [1.82, 2.24) is 5.43 Å². The number of hydrazone groups is 1. The second-order valence-corrected chi connectivity index (χ2v) is 5.62. The third kappa shape index (κ3) is 5.77. The zero-order valence-corrected chi connectivity index (χ0v) is 14.8. The van der Waals surface area contributed by atoms with Gasteiger partial charge in [-0.2, -0.15) is 5.10 Å². The van der Waals surface area contributed by atoms with Crippen molar-refractivity contribution < 1.29 is 14.3 Å². The Morgan fingerprint density at radius 3 is 2.48 bits per heavy atom. The molecule has 0 fully saturated rings. The van der Waals surface area contributed by atoms with Crippen LogP contribution in [0, 0.1) is 0 Å². The summed E-state index contributed by atoms with van der Waals surface area (Å²) in [6, 6.07) is 11.5. The second-order valence-electron chi connectivity index (χ2n) is 4.78. The number of nitrogens with zero attached hydrogens (tertiary/aromatic N) is 1. The van der Waals surface area contributed by atoms with E-state index >= 15 is 0 Å². The van der Waals surface area contributed by atoms with Crippen molar-refractivity contribution in [3.8, 4) is 5.75 Å². The highest BCUT2D eigenvalue weighted by Gasteiger charge is 2.12. The highest BCUT2D eigenvalue weighted by Crippen LogP contribution is 2.19. The van der Waals surface area contributed by atoms with Crippen LogP contribution >= 0.6 is 23.2 Å². The molecule has 0 aliphatic rings. The van der Waals surface area contributed by atoms with E-state index in [9.17, 15) is 9.59 Å². The number of carbonyl (C=O) groups excluding carboxylic acids is 2. The first-order valence-corrected chi connectivity index (χ1v) is 8.07. The summed E-state index contributed by atoms with van der Waals surface area (Å²) in [6.07, 6.45) is 1.32. The van der Waals surface area contributed by atoms with Crippen LogP contribution in [0.3, 0.4) is 0 Å². The first-order chi connectivity index (χ1) is 12.0. The maximum atomic E-state index is 11.8. The van der Waals surface area contributed by atoms with Crippen LogP contribution in [0.5, 0.6) is 5.75 Å². The Balaban J connectivity index is 1.89. The third-order valence-electron chi connectivity index (χ3n) is 2.96. The van der Waals surface area contributed by atoms with Gasteiger partial charge in [0.1, 0.15) is 5.75 Å². The van der Waals surface area contributed by atoms with Crippen molar-refractivity contribution in [3.05, 3.63) is 58.1 Å². The number of anilines is 1. The molecule has 0 aliphatic heterocycles. The first-order valence-electron chi connectivity index (χ1n) is 7.32. The van der Waals surface area contributed by atoms with E-state index in [0.29, 0.717) is 33.7 Å². The molecule has 0 unspecified atom stereocenters. The Hall–Kier alpha value is -2.57. The van der Waals surface area contributed by atoms with Gasteiger partial charge in [0.15, 0.2) is 0 Å². The lowest BCUT2D eigenvalue weighted by molar-refractivity contribution is -0.136. The van der Waals surface area contributed by atoms with Crippen LogP contribution in [0.1, 0.15) is 12.5 Å². The van der Waals surface area contributed by atoms with Gasteiger partial charge in [-0.15, -0.1) is 0 Å². The SMILES string of the molecule is CCOc1ccc(NC(=O)C(=O)N/N=C\c2ccc(Cl)cc2Cl)cc1. The lowest BCUT2D eigenvalue weighted by Gasteiger charge is -2.06. The van der Waals surface area contributed by atoms with Crippen LogP contribution in [0.15, 0.2) is 47.6 Å². The molecular formula is C17H15Cl2N3O3. The van der Waals surface area contributed by atoms with Gasteiger partial charge < -0.3 is 10.1 Å². The first kappa shape index (κ1) is 18.8. The van der Waals surface area contributed by atoms with Gasteiger partial charge in [-0.1, -0.05) is 29.3 Å². The molecule has 0 spiro atoms. The number of hydrogen-bond donors (Lipinski definition) is 2. The van der Waals surface area contributed by atoms with E-state index in [1.165, 1.54) is 6.21 Å². The average Bonchev–Trinajstić information content (AvgIpc) is 2.58. The Bertz CT molecular complexity index is 792. The molecule has 130 valence electrons. The third-order valence-corrected chi connectivity index (χ3v) is 3.52. The Morgan fingerprint density at radius 2 is 1.84 bits per heavy atom. The number of halogens is 2. The van der Waals surface area contributed by atoms with Crippen LogP contribution in [0.2, 0.25) is 10.0 Å². The molecule has 0 bridgehead atoms. The molecule has 2 rings (SSSR count). The van der Waals surface area contributed by atoms with Gasteiger partial charge in [-0.25, -0.2) is 5.43 Å². The Labute approximate surface area is 154 Å². The van der Waals surface area contributed by atoms with E-state index in [-0.39, 0.29) is 0 Å². The summed E-state index contributed by atoms with van der Waals surface area (Å²) in [5, 5.41) is 7.02. The van der Waals surface area contributed by atoms with Crippen LogP contribution < -0.4 is 15.5 Å². The standard InChI is InChI=1S/C17H15Cl2N3O3/c1-2-25-14-7-5-13(6-8-14)21-16(23)17(24)22-20-10-11-3-4-12(18)9-15(11)19/h3-10H,2H2,1H3,(H,21,23)(H,22,24)/b20-10-. The molecule has 0 radical (unpaired) electrons. The van der Waals surface area contributed by atoms with Gasteiger partial charge in [0, 0.05) is 16.3 Å². The normalized spacial score (nSPS) is 10.5. The van der Waals surface area contributed by atoms with Crippen LogP contribution in [-0.2, 0) is 9.59 Å². The molecular weight excluding hydrogens is 365 g/mol. The summed E-state index contributed by atoms with van der Waals surface area (Å²) in [6.45, 7) is 2.42. The van der Waals surface area contributed by atoms with E-state index < -0.39 is 11.8 Å². The average molecular weight is 380 g/mol. The molecule has 0 saturated heterocycles. The Kier molecular flexibility index (Phi) is 6.80. The smallest absolute Gasteiger partial charge is 0.329 e. The summed E-state index contributed by atoms with van der Waals surface area (Å²) in [5.41, 5.74) is 3.15.